The van der Waals surface area contributed by atoms with Crippen molar-refractivity contribution in [2.75, 3.05) is 38.2 Å². The summed E-state index contributed by atoms with van der Waals surface area (Å²) in [5.74, 6) is 2.54. The molecule has 1 aliphatic heterocycles. The number of carbonyl (C=O) groups is 1. The number of H-pyrrole nitrogens is 1. The lowest BCUT2D eigenvalue weighted by molar-refractivity contribution is -0.133. The lowest BCUT2D eigenvalue weighted by atomic mass is 10.2. The maximum Gasteiger partial charge on any atom is 0.248 e. The number of nitrogens with one attached hydrogen (secondary N) is 1. The number of carbonyl (C=O) groups excluding carboxylic acids is 1. The van der Waals surface area contributed by atoms with Crippen molar-refractivity contribution >= 4 is 22.8 Å². The average molecular weight is 301 g/mol. The van der Waals surface area contributed by atoms with Crippen LogP contribution in [0.3, 0.4) is 0 Å². The molecule has 0 aromatic carbocycles. The van der Waals surface area contributed by atoms with Crippen molar-refractivity contribution in [2.45, 2.75) is 0 Å². The number of amides is 1. The van der Waals surface area contributed by atoms with Crippen LogP contribution in [0.15, 0.2) is 18.6 Å². The van der Waals surface area contributed by atoms with Crippen molar-refractivity contribution in [1.29, 1.82) is 0 Å². The molecule has 2 N–H and O–H groups in total. The lowest BCUT2D eigenvalue weighted by Crippen LogP contribution is -2.35. The maximum atomic E-state index is 11.5. The number of rotatable bonds is 4. The smallest absolute Gasteiger partial charge is 0.248 e. The van der Waals surface area contributed by atoms with Crippen molar-refractivity contribution in [3.8, 4) is 0 Å². The second-order valence-corrected chi connectivity index (χ2v) is 6.27. The Kier molecular flexibility index (Phi) is 3.04. The molecule has 0 unspecified atom stereocenters. The predicted molar refractivity (Wildman–Crippen MR) is 81.3 cm³/mol. The summed E-state index contributed by atoms with van der Waals surface area (Å²) >= 11 is 0. The molecule has 4 rings (SSSR count). The van der Waals surface area contributed by atoms with Gasteiger partial charge in [0.15, 0.2) is 0 Å². The van der Waals surface area contributed by atoms with Crippen LogP contribution in [-0.2, 0) is 4.79 Å². The molecule has 1 aliphatic carbocycles. The molecule has 0 radical (unpaired) electrons. The van der Waals surface area contributed by atoms with E-state index in [1.807, 2.05) is 12.3 Å². The van der Waals surface area contributed by atoms with Crippen LogP contribution >= 0.6 is 0 Å². The summed E-state index contributed by atoms with van der Waals surface area (Å²) in [6.07, 6.45) is 3.46. The van der Waals surface area contributed by atoms with Crippen LogP contribution < -0.4 is 4.90 Å². The van der Waals surface area contributed by atoms with Crippen molar-refractivity contribution in [3.05, 3.63) is 18.6 Å². The highest BCUT2D eigenvalue weighted by atomic mass is 16.3. The molecule has 0 spiro atoms. The van der Waals surface area contributed by atoms with E-state index >= 15 is 0 Å². The van der Waals surface area contributed by atoms with Crippen molar-refractivity contribution in [3.63, 3.8) is 0 Å². The second-order valence-electron chi connectivity index (χ2n) is 6.27. The van der Waals surface area contributed by atoms with E-state index in [0.29, 0.717) is 17.8 Å². The third-order valence-corrected chi connectivity index (χ3v) is 5.04. The van der Waals surface area contributed by atoms with Gasteiger partial charge in [0.2, 0.25) is 5.91 Å². The van der Waals surface area contributed by atoms with E-state index in [1.165, 1.54) is 0 Å². The molecule has 22 heavy (non-hydrogen) atoms. The van der Waals surface area contributed by atoms with Crippen molar-refractivity contribution < 1.29 is 9.90 Å². The first-order chi connectivity index (χ1) is 10.7. The molecule has 1 saturated heterocycles. The number of nitrogens with zero attached hydrogens (tertiary/aromatic N) is 4. The average Bonchev–Trinajstić information content (AvgIpc) is 2.94. The Morgan fingerprint density at radius 1 is 1.45 bits per heavy atom. The molecule has 1 saturated carbocycles. The Hall–Kier alpha value is -2.15. The number of likely N-dealkylation sites (tertiary alicyclic amines) is 1. The van der Waals surface area contributed by atoms with Gasteiger partial charge in [-0.25, -0.2) is 9.97 Å². The first-order valence-electron chi connectivity index (χ1n) is 7.57. The Bertz CT molecular complexity index is 703. The fraction of sp³-hybridized carbons (Fsp3) is 0.533. The van der Waals surface area contributed by atoms with E-state index < -0.39 is 0 Å². The summed E-state index contributed by atoms with van der Waals surface area (Å²) < 4.78 is 0. The van der Waals surface area contributed by atoms with E-state index in [9.17, 15) is 4.79 Å². The first-order valence-corrected chi connectivity index (χ1v) is 7.57. The van der Waals surface area contributed by atoms with Gasteiger partial charge in [0, 0.05) is 32.9 Å². The van der Waals surface area contributed by atoms with Gasteiger partial charge >= 0.3 is 0 Å². The number of aromatic amines is 1. The van der Waals surface area contributed by atoms with E-state index in [1.54, 1.807) is 11.2 Å². The molecule has 7 heteroatoms. The van der Waals surface area contributed by atoms with Crippen LogP contribution in [0.4, 0.5) is 5.82 Å². The van der Waals surface area contributed by atoms with Crippen LogP contribution in [0, 0.1) is 17.8 Å². The van der Waals surface area contributed by atoms with Gasteiger partial charge < -0.3 is 19.9 Å². The Morgan fingerprint density at radius 3 is 2.95 bits per heavy atom. The van der Waals surface area contributed by atoms with Crippen molar-refractivity contribution in [1.82, 2.24) is 19.9 Å². The van der Waals surface area contributed by atoms with Gasteiger partial charge in [-0.15, -0.1) is 0 Å². The number of aliphatic hydroxyl groups is 1. The number of hydrogen-bond donors (Lipinski definition) is 2. The van der Waals surface area contributed by atoms with Crippen LogP contribution in [0.1, 0.15) is 0 Å². The summed E-state index contributed by atoms with van der Waals surface area (Å²) in [4.78, 5) is 27.2. The third kappa shape index (κ3) is 2.04. The maximum absolute atomic E-state index is 11.5. The number of aromatic nitrogens is 3. The fourth-order valence-electron chi connectivity index (χ4n) is 3.79. The molecule has 2 aliphatic rings. The van der Waals surface area contributed by atoms with E-state index in [2.05, 4.69) is 26.9 Å². The minimum absolute atomic E-state index is 0.149. The van der Waals surface area contributed by atoms with Crippen LogP contribution in [-0.4, -0.2) is 64.2 Å². The Morgan fingerprint density at radius 2 is 2.23 bits per heavy atom. The minimum Gasteiger partial charge on any atom is -0.387 e. The summed E-state index contributed by atoms with van der Waals surface area (Å²) in [5, 5.41) is 9.95. The first kappa shape index (κ1) is 13.5. The quantitative estimate of drug-likeness (QED) is 0.836. The molecule has 1 amide bonds. The zero-order chi connectivity index (χ0) is 15.3. The number of anilines is 1. The van der Waals surface area contributed by atoms with Gasteiger partial charge in [0.05, 0.1) is 5.39 Å². The zero-order valence-electron chi connectivity index (χ0n) is 12.4. The monoisotopic (exact) mass is 301 g/mol. The van der Waals surface area contributed by atoms with Crippen LogP contribution in [0.5, 0.6) is 0 Å². The third-order valence-electron chi connectivity index (χ3n) is 5.04. The Labute approximate surface area is 128 Å². The summed E-state index contributed by atoms with van der Waals surface area (Å²) in [6, 6.07) is 2.00. The molecular weight excluding hydrogens is 282 g/mol. The molecule has 3 atom stereocenters. The van der Waals surface area contributed by atoms with Gasteiger partial charge in [0.1, 0.15) is 24.4 Å². The van der Waals surface area contributed by atoms with Crippen molar-refractivity contribution in [2.24, 2.45) is 17.8 Å². The minimum atomic E-state index is -0.379. The molecular formula is C15H19N5O2. The summed E-state index contributed by atoms with van der Waals surface area (Å²) in [5.41, 5.74) is 0.854. The van der Waals surface area contributed by atoms with Gasteiger partial charge in [-0.05, 0) is 23.8 Å². The number of piperidine rings is 1. The molecule has 7 nitrogen and oxygen atoms in total. The number of aliphatic hydroxyl groups excluding tert-OH is 1. The normalized spacial score (nSPS) is 26.3. The summed E-state index contributed by atoms with van der Waals surface area (Å²) in [7, 11) is 2.06. The Balaban J connectivity index is 1.42. The van der Waals surface area contributed by atoms with E-state index in [-0.39, 0.29) is 12.5 Å². The fourth-order valence-corrected chi connectivity index (χ4v) is 3.79. The molecule has 2 aromatic rings. The van der Waals surface area contributed by atoms with Crippen LogP contribution in [0.25, 0.3) is 11.0 Å². The van der Waals surface area contributed by atoms with Gasteiger partial charge in [-0.1, -0.05) is 0 Å². The lowest BCUT2D eigenvalue weighted by Gasteiger charge is -2.22. The zero-order valence-corrected chi connectivity index (χ0v) is 12.4. The van der Waals surface area contributed by atoms with Gasteiger partial charge in [0.25, 0.3) is 0 Å². The predicted octanol–water partition coefficient (Wildman–Crippen LogP) is 0.0908. The van der Waals surface area contributed by atoms with Gasteiger partial charge in [-0.3, -0.25) is 4.79 Å². The largest absolute Gasteiger partial charge is 0.387 e. The second kappa shape index (κ2) is 4.95. The molecule has 116 valence electrons. The molecule has 0 bridgehead atoms. The topological polar surface area (TPSA) is 85.3 Å². The SMILES string of the molecule is CN(C[C@@H]1[C@@H]2CN(C(=O)CO)C[C@@H]21)c1ncnc2[nH]ccc12. The highest BCUT2D eigenvalue weighted by Crippen LogP contribution is 2.52. The standard InChI is InChI=1S/C15H19N5O2/c1-19(15-9-2-3-16-14(9)17-8-18-15)4-10-11-5-20(6-12(10)11)13(22)7-21/h2-3,8,10-12,21H,4-7H2,1H3,(H,16,17,18)/t10-,11+,12-. The van der Waals surface area contributed by atoms with Crippen LogP contribution in [0.2, 0.25) is 0 Å². The summed E-state index contributed by atoms with van der Waals surface area (Å²) in [6.45, 7) is 2.13. The highest BCUT2D eigenvalue weighted by Gasteiger charge is 2.56. The van der Waals surface area contributed by atoms with E-state index in [4.69, 9.17) is 5.11 Å². The molecule has 2 aromatic heterocycles. The molecule has 3 heterocycles. The van der Waals surface area contributed by atoms with E-state index in [0.717, 1.165) is 36.5 Å². The van der Waals surface area contributed by atoms with Gasteiger partial charge in [-0.2, -0.15) is 0 Å². The highest BCUT2D eigenvalue weighted by molar-refractivity contribution is 5.87. The number of hydrogen-bond acceptors (Lipinski definition) is 5. The number of fused-ring (bicyclic) bond motifs is 2. The molecule has 2 fully saturated rings.